The van der Waals surface area contributed by atoms with Crippen molar-refractivity contribution in [1.82, 2.24) is 15.3 Å². The molecule has 0 fully saturated rings. The Kier molecular flexibility index (Phi) is 4.60. The third-order valence-corrected chi connectivity index (χ3v) is 2.82. The van der Waals surface area contributed by atoms with Crippen LogP contribution >= 0.6 is 0 Å². The van der Waals surface area contributed by atoms with E-state index in [0.717, 1.165) is 0 Å². The zero-order chi connectivity index (χ0) is 17.0. The smallest absolute Gasteiger partial charge is 0.270 e. The number of carbonyl (C=O) groups is 1. The van der Waals surface area contributed by atoms with Gasteiger partial charge >= 0.3 is 0 Å². The van der Waals surface area contributed by atoms with Gasteiger partial charge in [0.1, 0.15) is 5.69 Å². The Morgan fingerprint density at radius 1 is 1.22 bits per heavy atom. The molecule has 0 saturated heterocycles. The maximum Gasteiger partial charge on any atom is 0.270 e. The lowest BCUT2D eigenvalue weighted by atomic mass is 10.1. The van der Waals surface area contributed by atoms with Crippen LogP contribution in [0.25, 0.3) is 0 Å². The van der Waals surface area contributed by atoms with Crippen molar-refractivity contribution in [1.29, 1.82) is 5.26 Å². The Morgan fingerprint density at radius 3 is 2.61 bits per heavy atom. The van der Waals surface area contributed by atoms with Gasteiger partial charge in [-0.25, -0.2) is 9.97 Å². The SMILES string of the molecule is Cc1cc(C(=O)NC(C)(C)C)nc(Nc2cccc(C#N)c2)n1. The highest BCUT2D eigenvalue weighted by Gasteiger charge is 2.17. The van der Waals surface area contributed by atoms with Crippen LogP contribution < -0.4 is 10.6 Å². The highest BCUT2D eigenvalue weighted by atomic mass is 16.2. The van der Waals surface area contributed by atoms with E-state index in [0.29, 0.717) is 28.6 Å². The molecule has 2 rings (SSSR count). The molecule has 0 spiro atoms. The molecule has 0 radical (unpaired) electrons. The Balaban J connectivity index is 2.27. The van der Waals surface area contributed by atoms with Crippen LogP contribution in [0.1, 0.15) is 42.5 Å². The van der Waals surface area contributed by atoms with Gasteiger partial charge in [-0.05, 0) is 52.0 Å². The lowest BCUT2D eigenvalue weighted by molar-refractivity contribution is 0.0914. The molecule has 118 valence electrons. The number of hydrogen-bond donors (Lipinski definition) is 2. The van der Waals surface area contributed by atoms with E-state index in [-0.39, 0.29) is 11.4 Å². The second-order valence-corrected chi connectivity index (χ2v) is 6.24. The Bertz CT molecular complexity index is 771. The van der Waals surface area contributed by atoms with Crippen molar-refractivity contribution in [2.24, 2.45) is 0 Å². The molecule has 0 aliphatic carbocycles. The number of aromatic nitrogens is 2. The molecule has 0 saturated carbocycles. The summed E-state index contributed by atoms with van der Waals surface area (Å²) in [5.41, 5.74) is 1.86. The van der Waals surface area contributed by atoms with Crippen molar-refractivity contribution >= 4 is 17.5 Å². The second kappa shape index (κ2) is 6.44. The van der Waals surface area contributed by atoms with Gasteiger partial charge in [0.2, 0.25) is 5.95 Å². The number of rotatable bonds is 3. The number of nitrogens with one attached hydrogen (secondary N) is 2. The summed E-state index contributed by atoms with van der Waals surface area (Å²) in [4.78, 5) is 20.8. The van der Waals surface area contributed by atoms with Crippen LogP contribution in [0.2, 0.25) is 0 Å². The number of aryl methyl sites for hydroxylation is 1. The molecule has 1 amide bonds. The van der Waals surface area contributed by atoms with Gasteiger partial charge < -0.3 is 10.6 Å². The zero-order valence-corrected chi connectivity index (χ0v) is 13.6. The van der Waals surface area contributed by atoms with Gasteiger partial charge in [-0.2, -0.15) is 5.26 Å². The van der Waals surface area contributed by atoms with Crippen LogP contribution in [0.3, 0.4) is 0 Å². The van der Waals surface area contributed by atoms with Crippen molar-refractivity contribution in [3.05, 3.63) is 47.3 Å². The minimum atomic E-state index is -0.343. The molecule has 2 N–H and O–H groups in total. The van der Waals surface area contributed by atoms with Crippen LogP contribution in [-0.4, -0.2) is 21.4 Å². The van der Waals surface area contributed by atoms with Crippen molar-refractivity contribution in [3.8, 4) is 6.07 Å². The Hall–Kier alpha value is -2.94. The molecular weight excluding hydrogens is 290 g/mol. The Labute approximate surface area is 135 Å². The lowest BCUT2D eigenvalue weighted by Crippen LogP contribution is -2.41. The van der Waals surface area contributed by atoms with E-state index < -0.39 is 0 Å². The molecule has 0 aliphatic rings. The first-order chi connectivity index (χ1) is 10.8. The summed E-state index contributed by atoms with van der Waals surface area (Å²) >= 11 is 0. The van der Waals surface area contributed by atoms with E-state index in [2.05, 4.69) is 26.7 Å². The van der Waals surface area contributed by atoms with E-state index >= 15 is 0 Å². The Morgan fingerprint density at radius 2 is 1.96 bits per heavy atom. The van der Waals surface area contributed by atoms with Crippen LogP contribution in [0.15, 0.2) is 30.3 Å². The predicted octanol–water partition coefficient (Wildman–Crippen LogP) is 2.93. The normalized spacial score (nSPS) is 10.7. The standard InChI is InChI=1S/C17H19N5O/c1-11-8-14(15(23)22-17(2,3)4)21-16(19-11)20-13-7-5-6-12(9-13)10-18/h5-9H,1-4H3,(H,22,23)(H,19,20,21). The van der Waals surface area contributed by atoms with Gasteiger partial charge in [0.05, 0.1) is 11.6 Å². The molecule has 23 heavy (non-hydrogen) atoms. The van der Waals surface area contributed by atoms with Crippen molar-refractivity contribution < 1.29 is 4.79 Å². The average molecular weight is 309 g/mol. The van der Waals surface area contributed by atoms with Crippen molar-refractivity contribution in [3.63, 3.8) is 0 Å². The van der Waals surface area contributed by atoms with Crippen LogP contribution in [0.4, 0.5) is 11.6 Å². The van der Waals surface area contributed by atoms with E-state index in [1.165, 1.54) is 0 Å². The molecule has 6 heteroatoms. The van der Waals surface area contributed by atoms with Crippen molar-refractivity contribution in [2.45, 2.75) is 33.2 Å². The number of nitrogens with zero attached hydrogens (tertiary/aromatic N) is 3. The quantitative estimate of drug-likeness (QED) is 0.909. The summed E-state index contributed by atoms with van der Waals surface area (Å²) in [5, 5.41) is 14.8. The fourth-order valence-corrected chi connectivity index (χ4v) is 1.94. The number of hydrogen-bond acceptors (Lipinski definition) is 5. The molecule has 0 aliphatic heterocycles. The minimum absolute atomic E-state index is 0.253. The summed E-state index contributed by atoms with van der Waals surface area (Å²) in [6.07, 6.45) is 0. The van der Waals surface area contributed by atoms with Gasteiger partial charge in [-0.1, -0.05) is 6.07 Å². The number of benzene rings is 1. The zero-order valence-electron chi connectivity index (χ0n) is 13.6. The molecule has 2 aromatic rings. The van der Waals surface area contributed by atoms with Crippen LogP contribution in [-0.2, 0) is 0 Å². The van der Waals surface area contributed by atoms with E-state index in [4.69, 9.17) is 5.26 Å². The van der Waals surface area contributed by atoms with Gasteiger partial charge in [-0.15, -0.1) is 0 Å². The predicted molar refractivity (Wildman–Crippen MR) is 88.4 cm³/mol. The summed E-state index contributed by atoms with van der Waals surface area (Å²) in [7, 11) is 0. The molecule has 0 unspecified atom stereocenters. The van der Waals surface area contributed by atoms with Gasteiger partial charge in [0.15, 0.2) is 0 Å². The number of anilines is 2. The first-order valence-electron chi connectivity index (χ1n) is 7.22. The lowest BCUT2D eigenvalue weighted by Gasteiger charge is -2.20. The molecule has 1 heterocycles. The van der Waals surface area contributed by atoms with Gasteiger partial charge in [0.25, 0.3) is 5.91 Å². The molecule has 6 nitrogen and oxygen atoms in total. The fraction of sp³-hybridized carbons (Fsp3) is 0.294. The highest BCUT2D eigenvalue weighted by molar-refractivity contribution is 5.93. The molecule has 1 aromatic heterocycles. The summed E-state index contributed by atoms with van der Waals surface area (Å²) in [6.45, 7) is 7.52. The van der Waals surface area contributed by atoms with Crippen LogP contribution in [0, 0.1) is 18.3 Å². The van der Waals surface area contributed by atoms with E-state index in [9.17, 15) is 4.79 Å². The monoisotopic (exact) mass is 309 g/mol. The first-order valence-corrected chi connectivity index (χ1v) is 7.22. The topological polar surface area (TPSA) is 90.7 Å². The van der Waals surface area contributed by atoms with Crippen LogP contribution in [0.5, 0.6) is 0 Å². The van der Waals surface area contributed by atoms with Gasteiger partial charge in [0, 0.05) is 16.9 Å². The number of carbonyl (C=O) groups excluding carboxylic acids is 1. The maximum atomic E-state index is 12.2. The largest absolute Gasteiger partial charge is 0.346 e. The molecule has 0 atom stereocenters. The number of nitriles is 1. The second-order valence-electron chi connectivity index (χ2n) is 6.24. The maximum absolute atomic E-state index is 12.2. The third-order valence-electron chi connectivity index (χ3n) is 2.82. The molecule has 0 bridgehead atoms. The summed E-state index contributed by atoms with van der Waals surface area (Å²) < 4.78 is 0. The minimum Gasteiger partial charge on any atom is -0.346 e. The first kappa shape index (κ1) is 16.4. The van der Waals surface area contributed by atoms with Crippen molar-refractivity contribution in [2.75, 3.05) is 5.32 Å². The summed E-state index contributed by atoms with van der Waals surface area (Å²) in [6, 6.07) is 10.7. The molecule has 1 aromatic carbocycles. The van der Waals surface area contributed by atoms with Gasteiger partial charge in [-0.3, -0.25) is 4.79 Å². The van der Waals surface area contributed by atoms with E-state index in [1.807, 2.05) is 20.8 Å². The average Bonchev–Trinajstić information content (AvgIpc) is 2.45. The number of amides is 1. The molecular formula is C17H19N5O. The van der Waals surface area contributed by atoms with E-state index in [1.54, 1.807) is 37.3 Å². The fourth-order valence-electron chi connectivity index (χ4n) is 1.94. The highest BCUT2D eigenvalue weighted by Crippen LogP contribution is 2.15. The summed E-state index contributed by atoms with van der Waals surface area (Å²) in [5.74, 6) is 0.0657. The third kappa shape index (κ3) is 4.78.